The molecule has 1 unspecified atom stereocenters. The normalized spacial score (nSPS) is 12.4. The Kier molecular flexibility index (Phi) is 4.80. The molecule has 1 aromatic heterocycles. The summed E-state index contributed by atoms with van der Waals surface area (Å²) in [6.07, 6.45) is 1.44. The van der Waals surface area contributed by atoms with Crippen LogP contribution in [-0.4, -0.2) is 34.2 Å². The summed E-state index contributed by atoms with van der Waals surface area (Å²) in [5, 5.41) is -0.391. The molecule has 78 valence electrons. The number of carbonyl (C=O) groups is 1. The van der Waals surface area contributed by atoms with Gasteiger partial charge >= 0.3 is 0 Å². The summed E-state index contributed by atoms with van der Waals surface area (Å²) >= 11 is 2.51. The van der Waals surface area contributed by atoms with E-state index in [-0.39, 0.29) is 12.5 Å². The number of ether oxygens (including phenoxy) is 1. The average Bonchev–Trinajstić information content (AvgIpc) is 2.68. The van der Waals surface area contributed by atoms with Crippen LogP contribution in [0.15, 0.2) is 10.7 Å². The highest BCUT2D eigenvalue weighted by Crippen LogP contribution is 2.23. The number of thioether (sulfide) groups is 1. The maximum atomic E-state index is 11.2. The summed E-state index contributed by atoms with van der Waals surface area (Å²) in [5.74, 6) is 4.75. The van der Waals surface area contributed by atoms with Gasteiger partial charge < -0.3 is 4.74 Å². The van der Waals surface area contributed by atoms with Crippen LogP contribution in [0.1, 0.15) is 0 Å². The SMILES string of the molecule is COCC(Sc1ncns1)C(=O)NN. The fourth-order valence-corrected chi connectivity index (χ4v) is 2.40. The lowest BCUT2D eigenvalue weighted by atomic mass is 10.4. The van der Waals surface area contributed by atoms with Gasteiger partial charge in [-0.05, 0) is 11.5 Å². The maximum Gasteiger partial charge on any atom is 0.249 e. The van der Waals surface area contributed by atoms with Gasteiger partial charge in [-0.3, -0.25) is 10.2 Å². The molecule has 0 saturated heterocycles. The molecule has 1 atom stereocenters. The van der Waals surface area contributed by atoms with E-state index in [4.69, 9.17) is 10.6 Å². The van der Waals surface area contributed by atoms with Crippen molar-refractivity contribution in [3.05, 3.63) is 6.33 Å². The van der Waals surface area contributed by atoms with Crippen molar-refractivity contribution in [1.29, 1.82) is 0 Å². The summed E-state index contributed by atoms with van der Waals surface area (Å²) in [4.78, 5) is 15.2. The van der Waals surface area contributed by atoms with Crippen LogP contribution in [0.2, 0.25) is 0 Å². The summed E-state index contributed by atoms with van der Waals surface area (Å²) in [5.41, 5.74) is 2.08. The van der Waals surface area contributed by atoms with Crippen molar-refractivity contribution < 1.29 is 9.53 Å². The number of nitrogens with two attached hydrogens (primary N) is 1. The Morgan fingerprint density at radius 3 is 3.21 bits per heavy atom. The van der Waals surface area contributed by atoms with Crippen LogP contribution < -0.4 is 11.3 Å². The molecule has 14 heavy (non-hydrogen) atoms. The van der Waals surface area contributed by atoms with E-state index in [1.165, 1.54) is 36.7 Å². The first-order valence-electron chi connectivity index (χ1n) is 3.70. The van der Waals surface area contributed by atoms with Gasteiger partial charge in [0.1, 0.15) is 11.6 Å². The third kappa shape index (κ3) is 3.22. The second kappa shape index (κ2) is 5.91. The molecule has 0 saturated carbocycles. The van der Waals surface area contributed by atoms with Gasteiger partial charge in [-0.2, -0.15) is 4.37 Å². The summed E-state index contributed by atoms with van der Waals surface area (Å²) in [6.45, 7) is 0.285. The number of hydrogen-bond acceptors (Lipinski definition) is 7. The van der Waals surface area contributed by atoms with E-state index in [1.807, 2.05) is 0 Å². The Morgan fingerprint density at radius 1 is 1.93 bits per heavy atom. The lowest BCUT2D eigenvalue weighted by Crippen LogP contribution is -2.39. The Morgan fingerprint density at radius 2 is 2.71 bits per heavy atom. The van der Waals surface area contributed by atoms with Gasteiger partial charge in [0.15, 0.2) is 4.34 Å². The highest BCUT2D eigenvalue weighted by Gasteiger charge is 2.20. The summed E-state index contributed by atoms with van der Waals surface area (Å²) in [6, 6.07) is 0. The average molecular weight is 234 g/mol. The topological polar surface area (TPSA) is 90.1 Å². The van der Waals surface area contributed by atoms with Crippen molar-refractivity contribution in [2.45, 2.75) is 9.59 Å². The molecule has 1 aromatic rings. The van der Waals surface area contributed by atoms with Crippen molar-refractivity contribution in [2.24, 2.45) is 5.84 Å². The minimum absolute atomic E-state index is 0.285. The second-order valence-corrected chi connectivity index (χ2v) is 4.51. The van der Waals surface area contributed by atoms with E-state index in [0.717, 1.165) is 4.34 Å². The first-order chi connectivity index (χ1) is 6.77. The molecule has 0 radical (unpaired) electrons. The fraction of sp³-hybridized carbons (Fsp3) is 0.500. The third-order valence-corrected chi connectivity index (χ3v) is 3.25. The van der Waals surface area contributed by atoms with Gasteiger partial charge in [-0.1, -0.05) is 11.8 Å². The fourth-order valence-electron chi connectivity index (χ4n) is 0.744. The molecule has 6 nitrogen and oxygen atoms in total. The van der Waals surface area contributed by atoms with Crippen LogP contribution in [0, 0.1) is 0 Å². The standard InChI is InChI=1S/C6H10N4O2S2/c1-12-2-4(5(11)10-7)13-6-8-3-9-14-6/h3-4H,2,7H2,1H3,(H,10,11). The van der Waals surface area contributed by atoms with Crippen LogP contribution in [0.3, 0.4) is 0 Å². The second-order valence-electron chi connectivity index (χ2n) is 2.28. The zero-order chi connectivity index (χ0) is 10.4. The molecule has 8 heteroatoms. The molecule has 0 aliphatic rings. The van der Waals surface area contributed by atoms with Crippen molar-refractivity contribution in [3.8, 4) is 0 Å². The van der Waals surface area contributed by atoms with E-state index >= 15 is 0 Å². The minimum atomic E-state index is -0.391. The molecular weight excluding hydrogens is 224 g/mol. The summed E-state index contributed by atoms with van der Waals surface area (Å²) in [7, 11) is 1.53. The molecule has 1 rings (SSSR count). The van der Waals surface area contributed by atoms with Crippen molar-refractivity contribution in [1.82, 2.24) is 14.8 Å². The monoisotopic (exact) mass is 234 g/mol. The zero-order valence-electron chi connectivity index (χ0n) is 7.47. The summed E-state index contributed by atoms with van der Waals surface area (Å²) < 4.78 is 9.44. The molecule has 1 amide bonds. The first kappa shape index (κ1) is 11.4. The quantitative estimate of drug-likeness (QED) is 0.313. The molecule has 3 N–H and O–H groups in total. The van der Waals surface area contributed by atoms with Crippen LogP contribution in [0.4, 0.5) is 0 Å². The number of methoxy groups -OCH3 is 1. The first-order valence-corrected chi connectivity index (χ1v) is 5.36. The van der Waals surface area contributed by atoms with Crippen LogP contribution in [-0.2, 0) is 9.53 Å². The van der Waals surface area contributed by atoms with Crippen molar-refractivity contribution in [3.63, 3.8) is 0 Å². The highest BCUT2D eigenvalue weighted by molar-refractivity contribution is 8.02. The Balaban J connectivity index is 2.55. The molecule has 0 aliphatic carbocycles. The van der Waals surface area contributed by atoms with Crippen LogP contribution >= 0.6 is 23.3 Å². The van der Waals surface area contributed by atoms with Crippen molar-refractivity contribution >= 4 is 29.2 Å². The van der Waals surface area contributed by atoms with Gasteiger partial charge in [0, 0.05) is 7.11 Å². The lowest BCUT2D eigenvalue weighted by Gasteiger charge is -2.11. The van der Waals surface area contributed by atoms with Gasteiger partial charge in [-0.15, -0.1) is 0 Å². The minimum Gasteiger partial charge on any atom is -0.383 e. The Labute approximate surface area is 89.4 Å². The number of aromatic nitrogens is 2. The molecule has 0 bridgehead atoms. The number of hydrogen-bond donors (Lipinski definition) is 2. The number of amides is 1. The number of nitrogens with zero attached hydrogens (tertiary/aromatic N) is 2. The largest absolute Gasteiger partial charge is 0.383 e. The van der Waals surface area contributed by atoms with Crippen LogP contribution in [0.25, 0.3) is 0 Å². The number of carbonyl (C=O) groups excluding carboxylic acids is 1. The highest BCUT2D eigenvalue weighted by atomic mass is 32.2. The number of nitrogens with one attached hydrogen (secondary N) is 1. The molecule has 1 heterocycles. The Hall–Kier alpha value is -0.700. The molecule has 0 spiro atoms. The lowest BCUT2D eigenvalue weighted by molar-refractivity contribution is -0.121. The third-order valence-electron chi connectivity index (χ3n) is 1.34. The molecule has 0 fully saturated rings. The van der Waals surface area contributed by atoms with Gasteiger partial charge in [0.25, 0.3) is 0 Å². The zero-order valence-corrected chi connectivity index (χ0v) is 9.10. The predicted molar refractivity (Wildman–Crippen MR) is 53.8 cm³/mol. The smallest absolute Gasteiger partial charge is 0.249 e. The van der Waals surface area contributed by atoms with Gasteiger partial charge in [0.2, 0.25) is 5.91 Å². The van der Waals surface area contributed by atoms with E-state index in [9.17, 15) is 4.79 Å². The number of rotatable bonds is 5. The van der Waals surface area contributed by atoms with Crippen molar-refractivity contribution in [2.75, 3.05) is 13.7 Å². The maximum absolute atomic E-state index is 11.2. The van der Waals surface area contributed by atoms with E-state index in [1.54, 1.807) is 0 Å². The predicted octanol–water partition coefficient (Wildman–Crippen LogP) is -0.365. The Bertz CT molecular complexity index is 279. The van der Waals surface area contributed by atoms with Gasteiger partial charge in [-0.25, -0.2) is 10.8 Å². The van der Waals surface area contributed by atoms with E-state index < -0.39 is 5.25 Å². The number of hydrazine groups is 1. The van der Waals surface area contributed by atoms with E-state index in [0.29, 0.717) is 0 Å². The molecule has 0 aromatic carbocycles. The molecule has 0 aliphatic heterocycles. The van der Waals surface area contributed by atoms with E-state index in [2.05, 4.69) is 14.8 Å². The van der Waals surface area contributed by atoms with Gasteiger partial charge in [0.05, 0.1) is 6.61 Å². The molecular formula is C6H10N4O2S2. The van der Waals surface area contributed by atoms with Crippen LogP contribution in [0.5, 0.6) is 0 Å².